The van der Waals surface area contributed by atoms with Gasteiger partial charge in [0.1, 0.15) is 5.76 Å². The summed E-state index contributed by atoms with van der Waals surface area (Å²) in [7, 11) is 0. The highest BCUT2D eigenvalue weighted by Crippen LogP contribution is 2.24. The molecule has 1 aliphatic rings. The molecular weight excluding hydrogens is 466 g/mol. The minimum Gasteiger partial charge on any atom is -0.475 e. The Balaban J connectivity index is 0.000000324. The Morgan fingerprint density at radius 1 is 1.06 bits per heavy atom. The van der Waals surface area contributed by atoms with Crippen molar-refractivity contribution in [3.05, 3.63) is 54.2 Å². The first kappa shape index (κ1) is 27.9. The number of rotatable bonds is 4. The fraction of sp³-hybridized carbons (Fsp3) is 0.421. The van der Waals surface area contributed by atoms with Crippen LogP contribution in [-0.2, 0) is 22.6 Å². The highest BCUT2D eigenvalue weighted by molar-refractivity contribution is 5.73. The molecule has 0 unspecified atom stereocenters. The first-order valence-electron chi connectivity index (χ1n) is 9.15. The maximum Gasteiger partial charge on any atom is 0.490 e. The molecule has 2 aromatic heterocycles. The Kier molecular flexibility index (Phi) is 10.3. The molecule has 8 nitrogen and oxygen atoms in total. The van der Waals surface area contributed by atoms with Gasteiger partial charge in [-0.1, -0.05) is 6.07 Å². The number of furan rings is 1. The Labute approximate surface area is 183 Å². The molecule has 0 bridgehead atoms. The summed E-state index contributed by atoms with van der Waals surface area (Å²) in [6.07, 6.45) is -3.44. The van der Waals surface area contributed by atoms with Crippen molar-refractivity contribution in [2.75, 3.05) is 6.54 Å². The van der Waals surface area contributed by atoms with Crippen LogP contribution >= 0.6 is 0 Å². The van der Waals surface area contributed by atoms with Gasteiger partial charge >= 0.3 is 24.3 Å². The quantitative estimate of drug-likeness (QED) is 0.564. The molecule has 0 aromatic carbocycles. The molecule has 0 radical (unpaired) electrons. The minimum absolute atomic E-state index is 0.147. The number of carbonyl (C=O) groups is 2. The van der Waals surface area contributed by atoms with Crippen molar-refractivity contribution in [2.24, 2.45) is 0 Å². The van der Waals surface area contributed by atoms with Gasteiger partial charge in [0.25, 0.3) is 0 Å². The normalized spacial score (nSPS) is 18.5. The van der Waals surface area contributed by atoms with Gasteiger partial charge in [-0.05, 0) is 36.6 Å². The lowest BCUT2D eigenvalue weighted by molar-refractivity contribution is -0.193. The van der Waals surface area contributed by atoms with Gasteiger partial charge < -0.3 is 19.7 Å². The van der Waals surface area contributed by atoms with E-state index >= 15 is 0 Å². The average molecular weight is 486 g/mol. The SMILES string of the molecule is O=C(O)C(F)(F)F.O=C(O)C(F)(F)F.O[C@H]1CCN(Cc2ccco2)[C@H]1Cc1cccnc1. The van der Waals surface area contributed by atoms with Gasteiger partial charge in [0.05, 0.1) is 18.9 Å². The third-order valence-electron chi connectivity index (χ3n) is 4.22. The number of hydrogen-bond donors (Lipinski definition) is 3. The summed E-state index contributed by atoms with van der Waals surface area (Å²) in [5.74, 6) is -4.56. The van der Waals surface area contributed by atoms with Crippen molar-refractivity contribution in [3.8, 4) is 0 Å². The zero-order valence-electron chi connectivity index (χ0n) is 16.8. The Morgan fingerprint density at radius 3 is 2.06 bits per heavy atom. The topological polar surface area (TPSA) is 124 Å². The van der Waals surface area contributed by atoms with Crippen LogP contribution in [0.3, 0.4) is 0 Å². The lowest BCUT2D eigenvalue weighted by atomic mass is 10.0. The molecule has 2 aromatic rings. The van der Waals surface area contributed by atoms with Crippen LogP contribution in [0.25, 0.3) is 0 Å². The molecule has 184 valence electrons. The minimum atomic E-state index is -5.08. The summed E-state index contributed by atoms with van der Waals surface area (Å²) in [4.78, 5) is 24.2. The van der Waals surface area contributed by atoms with Gasteiger partial charge in [-0.15, -0.1) is 0 Å². The first-order valence-corrected chi connectivity index (χ1v) is 9.15. The molecule has 0 amide bonds. The number of aliphatic hydroxyl groups is 1. The van der Waals surface area contributed by atoms with Crippen LogP contribution in [0, 0.1) is 0 Å². The van der Waals surface area contributed by atoms with E-state index < -0.39 is 24.3 Å². The van der Waals surface area contributed by atoms with E-state index in [0.717, 1.165) is 37.3 Å². The van der Waals surface area contributed by atoms with Crippen molar-refractivity contribution >= 4 is 11.9 Å². The zero-order chi connectivity index (χ0) is 25.2. The average Bonchev–Trinajstić information content (AvgIpc) is 3.34. The van der Waals surface area contributed by atoms with E-state index in [2.05, 4.69) is 16.0 Å². The number of hydrogen-bond acceptors (Lipinski definition) is 6. The molecular formula is C19H20F6N2O6. The predicted molar refractivity (Wildman–Crippen MR) is 98.9 cm³/mol. The van der Waals surface area contributed by atoms with Gasteiger partial charge in [-0.2, -0.15) is 26.3 Å². The number of nitrogens with zero attached hydrogens (tertiary/aromatic N) is 2. The van der Waals surface area contributed by atoms with E-state index in [4.69, 9.17) is 24.2 Å². The second-order valence-corrected chi connectivity index (χ2v) is 6.64. The lowest BCUT2D eigenvalue weighted by Crippen LogP contribution is -2.36. The van der Waals surface area contributed by atoms with Crippen molar-refractivity contribution < 1.29 is 55.7 Å². The summed E-state index contributed by atoms with van der Waals surface area (Å²) >= 11 is 0. The smallest absolute Gasteiger partial charge is 0.475 e. The van der Waals surface area contributed by atoms with Crippen molar-refractivity contribution in [3.63, 3.8) is 0 Å². The van der Waals surface area contributed by atoms with Gasteiger partial charge in [0.15, 0.2) is 0 Å². The van der Waals surface area contributed by atoms with Crippen molar-refractivity contribution in [1.29, 1.82) is 0 Å². The number of pyridine rings is 1. The number of aromatic nitrogens is 1. The number of aliphatic carboxylic acids is 2. The third-order valence-corrected chi connectivity index (χ3v) is 4.22. The molecule has 1 fully saturated rings. The highest BCUT2D eigenvalue weighted by atomic mass is 19.4. The van der Waals surface area contributed by atoms with Gasteiger partial charge in [-0.3, -0.25) is 9.88 Å². The molecule has 14 heteroatoms. The Morgan fingerprint density at radius 2 is 1.64 bits per heavy atom. The second-order valence-electron chi connectivity index (χ2n) is 6.64. The van der Waals surface area contributed by atoms with Gasteiger partial charge in [0.2, 0.25) is 0 Å². The number of aliphatic hydroxyl groups excluding tert-OH is 1. The van der Waals surface area contributed by atoms with Crippen LogP contribution in [-0.4, -0.2) is 68.2 Å². The van der Waals surface area contributed by atoms with E-state index in [0.29, 0.717) is 0 Å². The predicted octanol–water partition coefficient (Wildman–Crippen LogP) is 3.12. The highest BCUT2D eigenvalue weighted by Gasteiger charge is 2.39. The monoisotopic (exact) mass is 486 g/mol. The zero-order valence-corrected chi connectivity index (χ0v) is 16.8. The molecule has 33 heavy (non-hydrogen) atoms. The Bertz CT molecular complexity index is 834. The van der Waals surface area contributed by atoms with E-state index in [-0.39, 0.29) is 12.1 Å². The van der Waals surface area contributed by atoms with Crippen LogP contribution in [0.4, 0.5) is 26.3 Å². The standard InChI is InChI=1S/C15H18N2O2.2C2HF3O2/c18-15-5-7-17(11-13-4-2-8-19-13)14(15)9-12-3-1-6-16-10-12;2*3-2(4,5)1(6)7/h1-4,6,8,10,14-15,18H,5,7,9,11H2;2*(H,6,7)/t14-,15-;;/m0../s1. The van der Waals surface area contributed by atoms with E-state index in [1.54, 1.807) is 12.5 Å². The van der Waals surface area contributed by atoms with E-state index in [1.807, 2.05) is 24.4 Å². The molecule has 3 rings (SSSR count). The molecule has 1 saturated heterocycles. The molecule has 0 saturated carbocycles. The van der Waals surface area contributed by atoms with Crippen LogP contribution in [0.1, 0.15) is 17.7 Å². The molecule has 0 aliphatic carbocycles. The van der Waals surface area contributed by atoms with Crippen molar-refractivity contribution in [2.45, 2.75) is 43.9 Å². The maximum absolute atomic E-state index is 10.6. The van der Waals surface area contributed by atoms with Crippen molar-refractivity contribution in [1.82, 2.24) is 9.88 Å². The lowest BCUT2D eigenvalue weighted by Gasteiger charge is -2.25. The van der Waals surface area contributed by atoms with Crippen LogP contribution in [0.5, 0.6) is 0 Å². The maximum atomic E-state index is 10.6. The molecule has 3 N–H and O–H groups in total. The van der Waals surface area contributed by atoms with Crippen LogP contribution < -0.4 is 0 Å². The second kappa shape index (κ2) is 12.2. The van der Waals surface area contributed by atoms with Crippen LogP contribution in [0.15, 0.2) is 47.3 Å². The number of likely N-dealkylation sites (tertiary alicyclic amines) is 1. The Hall–Kier alpha value is -3.13. The summed E-state index contributed by atoms with van der Waals surface area (Å²) in [5, 5.41) is 24.4. The largest absolute Gasteiger partial charge is 0.490 e. The summed E-state index contributed by atoms with van der Waals surface area (Å²) in [6.45, 7) is 1.67. The molecule has 2 atom stereocenters. The number of carboxylic acid groups (broad SMARTS) is 2. The summed E-state index contributed by atoms with van der Waals surface area (Å²) in [6, 6.07) is 8.02. The number of carboxylic acids is 2. The molecule has 0 spiro atoms. The summed E-state index contributed by atoms with van der Waals surface area (Å²) in [5.41, 5.74) is 1.16. The number of halogens is 6. The van der Waals surface area contributed by atoms with E-state index in [9.17, 15) is 31.4 Å². The van der Waals surface area contributed by atoms with Gasteiger partial charge in [0, 0.05) is 25.0 Å². The molecule has 3 heterocycles. The third kappa shape index (κ3) is 10.4. The van der Waals surface area contributed by atoms with Gasteiger partial charge in [-0.25, -0.2) is 9.59 Å². The fourth-order valence-corrected chi connectivity index (χ4v) is 2.72. The van der Waals surface area contributed by atoms with E-state index in [1.165, 1.54) is 0 Å². The molecule has 1 aliphatic heterocycles. The fourth-order valence-electron chi connectivity index (χ4n) is 2.72. The first-order chi connectivity index (χ1) is 15.2. The summed E-state index contributed by atoms with van der Waals surface area (Å²) < 4.78 is 68.9. The van der Waals surface area contributed by atoms with Crippen LogP contribution in [0.2, 0.25) is 0 Å². The number of alkyl halides is 6.